The molecular weight excluding hydrogens is 228 g/mol. The Labute approximate surface area is 107 Å². The summed E-state index contributed by atoms with van der Waals surface area (Å²) in [6.07, 6.45) is 1.05. The maximum atomic E-state index is 12.2. The lowest BCUT2D eigenvalue weighted by atomic mass is 10.2. The van der Waals surface area contributed by atoms with Gasteiger partial charge in [0.25, 0.3) is 0 Å². The van der Waals surface area contributed by atoms with E-state index in [1.807, 2.05) is 11.0 Å². The Kier molecular flexibility index (Phi) is 3.19. The number of benzene rings is 1. The van der Waals surface area contributed by atoms with Gasteiger partial charge in [0.15, 0.2) is 0 Å². The van der Waals surface area contributed by atoms with Crippen molar-refractivity contribution in [1.82, 2.24) is 4.90 Å². The molecule has 0 aliphatic carbocycles. The van der Waals surface area contributed by atoms with Crippen molar-refractivity contribution in [3.05, 3.63) is 29.8 Å². The van der Waals surface area contributed by atoms with E-state index < -0.39 is 0 Å². The second kappa shape index (κ2) is 4.98. The summed E-state index contributed by atoms with van der Waals surface area (Å²) in [7, 11) is 0. The number of nitrogens with zero attached hydrogens (tertiary/aromatic N) is 2. The summed E-state index contributed by atoms with van der Waals surface area (Å²) in [6.45, 7) is 4.25. The number of hydrogen-bond acceptors (Lipinski definition) is 3. The second-order valence-corrected chi connectivity index (χ2v) is 4.79. The number of carbonyl (C=O) groups is 1. The van der Waals surface area contributed by atoms with Crippen molar-refractivity contribution in [2.75, 3.05) is 44.3 Å². The molecule has 1 aromatic carbocycles. The number of para-hydroxylation sites is 1. The molecule has 2 aliphatic heterocycles. The van der Waals surface area contributed by atoms with Crippen LogP contribution in [0.2, 0.25) is 0 Å². The molecule has 0 atom stereocenters. The van der Waals surface area contributed by atoms with Crippen LogP contribution in [0.25, 0.3) is 0 Å². The normalized spacial score (nSPS) is 18.9. The zero-order valence-corrected chi connectivity index (χ0v) is 10.5. The Balaban J connectivity index is 1.65. The zero-order chi connectivity index (χ0) is 12.4. The lowest BCUT2D eigenvalue weighted by Gasteiger charge is -2.29. The summed E-state index contributed by atoms with van der Waals surface area (Å²) in [5.74, 6) is 0.218. The molecule has 3 rings (SSSR count). The van der Waals surface area contributed by atoms with Crippen LogP contribution < -0.4 is 4.90 Å². The first kappa shape index (κ1) is 11.5. The maximum Gasteiger partial charge on any atom is 0.242 e. The van der Waals surface area contributed by atoms with Crippen LogP contribution in [0.5, 0.6) is 0 Å². The number of anilines is 1. The standard InChI is InChI=1S/C14H18N2O2/c17-14(15-7-9-18-10-8-15)11-16-6-5-12-3-1-2-4-13(12)16/h1-4H,5-11H2. The van der Waals surface area contributed by atoms with Gasteiger partial charge in [-0.15, -0.1) is 0 Å². The number of rotatable bonds is 2. The highest BCUT2D eigenvalue weighted by molar-refractivity contribution is 5.82. The van der Waals surface area contributed by atoms with E-state index in [0.717, 1.165) is 26.1 Å². The van der Waals surface area contributed by atoms with E-state index in [1.54, 1.807) is 0 Å². The van der Waals surface area contributed by atoms with Crippen LogP contribution in [0.1, 0.15) is 5.56 Å². The minimum atomic E-state index is 0.218. The van der Waals surface area contributed by atoms with Crippen molar-refractivity contribution in [2.45, 2.75) is 6.42 Å². The Hall–Kier alpha value is -1.55. The van der Waals surface area contributed by atoms with Crippen LogP contribution >= 0.6 is 0 Å². The first-order chi connectivity index (χ1) is 8.84. The molecule has 96 valence electrons. The molecule has 0 aromatic heterocycles. The predicted molar refractivity (Wildman–Crippen MR) is 69.8 cm³/mol. The van der Waals surface area contributed by atoms with Crippen LogP contribution in [0, 0.1) is 0 Å². The van der Waals surface area contributed by atoms with Gasteiger partial charge in [-0.2, -0.15) is 0 Å². The fraction of sp³-hybridized carbons (Fsp3) is 0.500. The Morgan fingerprint density at radius 1 is 1.17 bits per heavy atom. The molecule has 2 aliphatic rings. The zero-order valence-electron chi connectivity index (χ0n) is 10.5. The number of ether oxygens (including phenoxy) is 1. The fourth-order valence-corrected chi connectivity index (χ4v) is 2.65. The van der Waals surface area contributed by atoms with Gasteiger partial charge in [0, 0.05) is 25.3 Å². The van der Waals surface area contributed by atoms with Gasteiger partial charge in [0.2, 0.25) is 5.91 Å². The largest absolute Gasteiger partial charge is 0.378 e. The molecule has 0 N–H and O–H groups in total. The van der Waals surface area contributed by atoms with Crippen molar-refractivity contribution in [3.8, 4) is 0 Å². The molecule has 4 heteroatoms. The molecule has 2 heterocycles. The van der Waals surface area contributed by atoms with Crippen LogP contribution in [-0.2, 0) is 16.0 Å². The van der Waals surface area contributed by atoms with Gasteiger partial charge in [0.1, 0.15) is 0 Å². The molecular formula is C14H18N2O2. The van der Waals surface area contributed by atoms with E-state index in [9.17, 15) is 4.79 Å². The summed E-state index contributed by atoms with van der Waals surface area (Å²) < 4.78 is 5.27. The van der Waals surface area contributed by atoms with Gasteiger partial charge >= 0.3 is 0 Å². The average molecular weight is 246 g/mol. The van der Waals surface area contributed by atoms with Crippen molar-refractivity contribution in [2.24, 2.45) is 0 Å². The van der Waals surface area contributed by atoms with Crippen LogP contribution in [0.4, 0.5) is 5.69 Å². The second-order valence-electron chi connectivity index (χ2n) is 4.79. The van der Waals surface area contributed by atoms with Crippen LogP contribution in [0.15, 0.2) is 24.3 Å². The SMILES string of the molecule is O=C(CN1CCc2ccccc21)N1CCOCC1. The topological polar surface area (TPSA) is 32.8 Å². The summed E-state index contributed by atoms with van der Waals surface area (Å²) in [5.41, 5.74) is 2.58. The molecule has 0 bridgehead atoms. The average Bonchev–Trinajstić information content (AvgIpc) is 2.83. The Morgan fingerprint density at radius 2 is 1.94 bits per heavy atom. The molecule has 0 saturated carbocycles. The molecule has 18 heavy (non-hydrogen) atoms. The molecule has 4 nitrogen and oxygen atoms in total. The summed E-state index contributed by atoms with van der Waals surface area (Å²) in [4.78, 5) is 16.3. The first-order valence-corrected chi connectivity index (χ1v) is 6.53. The van der Waals surface area contributed by atoms with E-state index in [1.165, 1.54) is 11.3 Å². The highest BCUT2D eigenvalue weighted by Crippen LogP contribution is 2.27. The monoisotopic (exact) mass is 246 g/mol. The van der Waals surface area contributed by atoms with E-state index in [4.69, 9.17) is 4.74 Å². The van der Waals surface area contributed by atoms with Crippen molar-refractivity contribution in [1.29, 1.82) is 0 Å². The number of amides is 1. The van der Waals surface area contributed by atoms with Crippen molar-refractivity contribution >= 4 is 11.6 Å². The van der Waals surface area contributed by atoms with Crippen molar-refractivity contribution < 1.29 is 9.53 Å². The number of carbonyl (C=O) groups excluding carboxylic acids is 1. The Bertz CT molecular complexity index is 441. The number of morpholine rings is 1. The Morgan fingerprint density at radius 3 is 2.78 bits per heavy atom. The molecule has 1 saturated heterocycles. The molecule has 0 unspecified atom stereocenters. The minimum Gasteiger partial charge on any atom is -0.378 e. The number of fused-ring (bicyclic) bond motifs is 1. The van der Waals surface area contributed by atoms with Gasteiger partial charge in [-0.05, 0) is 18.1 Å². The highest BCUT2D eigenvalue weighted by Gasteiger charge is 2.23. The van der Waals surface area contributed by atoms with Gasteiger partial charge < -0.3 is 14.5 Å². The third-order valence-electron chi connectivity index (χ3n) is 3.67. The number of hydrogen-bond donors (Lipinski definition) is 0. The van der Waals surface area contributed by atoms with E-state index in [-0.39, 0.29) is 5.91 Å². The minimum absolute atomic E-state index is 0.218. The third-order valence-corrected chi connectivity index (χ3v) is 3.67. The van der Waals surface area contributed by atoms with E-state index in [2.05, 4.69) is 23.1 Å². The summed E-state index contributed by atoms with van der Waals surface area (Å²) in [6, 6.07) is 8.35. The fourth-order valence-electron chi connectivity index (χ4n) is 2.65. The quantitative estimate of drug-likeness (QED) is 0.777. The van der Waals surface area contributed by atoms with E-state index >= 15 is 0 Å². The smallest absolute Gasteiger partial charge is 0.242 e. The van der Waals surface area contributed by atoms with E-state index in [0.29, 0.717) is 19.8 Å². The lowest BCUT2D eigenvalue weighted by Crippen LogP contribution is -2.45. The van der Waals surface area contributed by atoms with Gasteiger partial charge in [-0.1, -0.05) is 18.2 Å². The summed E-state index contributed by atoms with van der Waals surface area (Å²) in [5, 5.41) is 0. The molecule has 0 radical (unpaired) electrons. The van der Waals surface area contributed by atoms with Crippen LogP contribution in [0.3, 0.4) is 0 Å². The molecule has 0 spiro atoms. The molecule has 1 amide bonds. The summed E-state index contributed by atoms with van der Waals surface area (Å²) >= 11 is 0. The van der Waals surface area contributed by atoms with Gasteiger partial charge in [-0.3, -0.25) is 4.79 Å². The highest BCUT2D eigenvalue weighted by atomic mass is 16.5. The third kappa shape index (κ3) is 2.20. The van der Waals surface area contributed by atoms with Crippen molar-refractivity contribution in [3.63, 3.8) is 0 Å². The maximum absolute atomic E-state index is 12.2. The molecule has 1 fully saturated rings. The van der Waals surface area contributed by atoms with Crippen LogP contribution in [-0.4, -0.2) is 50.2 Å². The lowest BCUT2D eigenvalue weighted by molar-refractivity contribution is -0.133. The molecule has 1 aromatic rings. The first-order valence-electron chi connectivity index (χ1n) is 6.53. The predicted octanol–water partition coefficient (Wildman–Crippen LogP) is 0.908. The van der Waals surface area contributed by atoms with Gasteiger partial charge in [-0.25, -0.2) is 0 Å². The van der Waals surface area contributed by atoms with Gasteiger partial charge in [0.05, 0.1) is 19.8 Å².